The highest BCUT2D eigenvalue weighted by Gasteiger charge is 2.20. The number of benzene rings is 1. The minimum atomic E-state index is -6.00. The third-order valence-corrected chi connectivity index (χ3v) is 2.40. The Balaban J connectivity index is 0.000000347. The first kappa shape index (κ1) is 15.9. The van der Waals surface area contributed by atoms with E-state index in [1.807, 2.05) is 72.2 Å². The molecule has 108 valence electrons. The minimum Gasteiger partial charge on any atom is -0.418 e. The number of aromatic nitrogens is 2. The Morgan fingerprint density at radius 3 is 2.15 bits per heavy atom. The van der Waals surface area contributed by atoms with Crippen LogP contribution in [0.2, 0.25) is 0 Å². The summed E-state index contributed by atoms with van der Waals surface area (Å²) in [5, 5.41) is 4.37. The smallest absolute Gasteiger partial charge is 0.418 e. The van der Waals surface area contributed by atoms with Gasteiger partial charge in [-0.2, -0.15) is 0 Å². The first-order valence-corrected chi connectivity index (χ1v) is 5.77. The summed E-state index contributed by atoms with van der Waals surface area (Å²) in [6.45, 7) is 2.03. The van der Waals surface area contributed by atoms with Crippen molar-refractivity contribution >= 4 is 13.5 Å². The lowest BCUT2D eigenvalue weighted by atomic mass is 10.2. The summed E-state index contributed by atoms with van der Waals surface area (Å²) in [5.74, 6) is 1.10. The first-order valence-electron chi connectivity index (χ1n) is 5.77. The summed E-state index contributed by atoms with van der Waals surface area (Å²) in [7, 11) is -4.00. The van der Waals surface area contributed by atoms with E-state index in [1.54, 1.807) is 0 Å². The van der Waals surface area contributed by atoms with Crippen LogP contribution in [-0.2, 0) is 7.05 Å². The van der Waals surface area contributed by atoms with Crippen molar-refractivity contribution in [2.24, 2.45) is 12.1 Å². The molecule has 0 N–H and O–H groups in total. The van der Waals surface area contributed by atoms with Gasteiger partial charge >= 0.3 is 7.25 Å². The highest BCUT2D eigenvalue weighted by molar-refractivity contribution is 6.50. The van der Waals surface area contributed by atoms with E-state index >= 15 is 0 Å². The molecule has 0 bridgehead atoms. The van der Waals surface area contributed by atoms with Gasteiger partial charge in [0.05, 0.1) is 13.3 Å². The van der Waals surface area contributed by atoms with Crippen molar-refractivity contribution in [3.05, 3.63) is 54.1 Å². The van der Waals surface area contributed by atoms with Crippen molar-refractivity contribution < 1.29 is 21.8 Å². The maximum absolute atomic E-state index is 9.75. The van der Waals surface area contributed by atoms with Gasteiger partial charge in [0.25, 0.3) is 5.82 Å². The third kappa shape index (κ3) is 6.17. The van der Waals surface area contributed by atoms with Crippen LogP contribution < -0.4 is 4.57 Å². The van der Waals surface area contributed by atoms with Crippen molar-refractivity contribution in [1.82, 2.24) is 4.68 Å². The van der Waals surface area contributed by atoms with Crippen LogP contribution in [0.25, 0.3) is 0 Å². The number of imidazole rings is 1. The van der Waals surface area contributed by atoms with E-state index in [0.717, 1.165) is 11.4 Å². The number of halogens is 4. The van der Waals surface area contributed by atoms with Crippen molar-refractivity contribution in [1.29, 1.82) is 0 Å². The van der Waals surface area contributed by atoms with E-state index < -0.39 is 7.25 Å². The molecule has 1 heterocycles. The number of nitrogens with zero attached hydrogens (tertiary/aromatic N) is 3. The summed E-state index contributed by atoms with van der Waals surface area (Å²) in [5.41, 5.74) is 1.10. The number of rotatable bonds is 2. The molecule has 0 spiro atoms. The maximum atomic E-state index is 9.75. The topological polar surface area (TPSA) is 21.2 Å². The van der Waals surface area contributed by atoms with Crippen LogP contribution in [0.4, 0.5) is 17.3 Å². The Labute approximate surface area is 114 Å². The molecule has 2 aromatic rings. The van der Waals surface area contributed by atoms with Crippen LogP contribution in [0.15, 0.2) is 47.8 Å². The van der Waals surface area contributed by atoms with Gasteiger partial charge in [0, 0.05) is 6.92 Å². The molecule has 3 nitrogen and oxygen atoms in total. The maximum Gasteiger partial charge on any atom is 0.673 e. The van der Waals surface area contributed by atoms with Gasteiger partial charge in [-0.05, 0) is 5.56 Å². The van der Waals surface area contributed by atoms with Gasteiger partial charge in [-0.1, -0.05) is 35.4 Å². The van der Waals surface area contributed by atoms with Crippen molar-refractivity contribution in [2.45, 2.75) is 6.92 Å². The van der Waals surface area contributed by atoms with E-state index in [2.05, 4.69) is 5.10 Å². The van der Waals surface area contributed by atoms with E-state index in [9.17, 15) is 17.3 Å². The lowest BCUT2D eigenvalue weighted by Crippen LogP contribution is -2.29. The molecule has 0 aliphatic heterocycles. The van der Waals surface area contributed by atoms with Crippen LogP contribution in [0.5, 0.6) is 0 Å². The standard InChI is InChI=1S/C12H14N3.BF4/c1-11-14(2)8-9-15(11)13-10-12-6-4-3-5-7-12;2-1(3,4)5/h3-10H,1-2H3;/q+1;-1. The lowest BCUT2D eigenvalue weighted by molar-refractivity contribution is -0.677. The molecule has 0 unspecified atom stereocenters. The molecule has 1 aromatic heterocycles. The molecule has 0 fully saturated rings. The van der Waals surface area contributed by atoms with Gasteiger partial charge in [0.15, 0.2) is 6.20 Å². The first-order chi connectivity index (χ1) is 9.27. The predicted octanol–water partition coefficient (Wildman–Crippen LogP) is 2.80. The van der Waals surface area contributed by atoms with Gasteiger partial charge in [-0.3, -0.25) is 0 Å². The molecule has 0 aliphatic rings. The van der Waals surface area contributed by atoms with Crippen molar-refractivity contribution in [2.75, 3.05) is 0 Å². The fraction of sp³-hybridized carbons (Fsp3) is 0.167. The van der Waals surface area contributed by atoms with Crippen LogP contribution >= 0.6 is 0 Å². The zero-order chi connectivity index (χ0) is 15.2. The van der Waals surface area contributed by atoms with Crippen molar-refractivity contribution in [3.63, 3.8) is 0 Å². The Morgan fingerprint density at radius 2 is 1.70 bits per heavy atom. The predicted molar refractivity (Wildman–Crippen MR) is 70.0 cm³/mol. The zero-order valence-electron chi connectivity index (χ0n) is 11.0. The summed E-state index contributed by atoms with van der Waals surface area (Å²) in [6.07, 6.45) is 5.78. The van der Waals surface area contributed by atoms with Gasteiger partial charge in [0.2, 0.25) is 0 Å². The summed E-state index contributed by atoms with van der Waals surface area (Å²) in [6, 6.07) is 10.1. The van der Waals surface area contributed by atoms with E-state index in [4.69, 9.17) is 0 Å². The van der Waals surface area contributed by atoms with E-state index in [-0.39, 0.29) is 0 Å². The molecule has 0 saturated carbocycles. The average Bonchev–Trinajstić information content (AvgIpc) is 2.67. The molecule has 20 heavy (non-hydrogen) atoms. The molecule has 0 saturated heterocycles. The van der Waals surface area contributed by atoms with Gasteiger partial charge in [-0.25, -0.2) is 4.57 Å². The Kier molecular flexibility index (Phi) is 5.48. The number of aryl methyl sites for hydroxylation is 1. The second kappa shape index (κ2) is 6.88. The molecule has 0 radical (unpaired) electrons. The molecule has 0 atom stereocenters. The largest absolute Gasteiger partial charge is 0.673 e. The highest BCUT2D eigenvalue weighted by Crippen LogP contribution is 2.06. The van der Waals surface area contributed by atoms with E-state index in [0.29, 0.717) is 0 Å². The summed E-state index contributed by atoms with van der Waals surface area (Å²) in [4.78, 5) is 0. The lowest BCUT2D eigenvalue weighted by Gasteiger charge is -1.94. The van der Waals surface area contributed by atoms with Gasteiger partial charge < -0.3 is 17.3 Å². The highest BCUT2D eigenvalue weighted by atomic mass is 19.5. The number of hydrogen-bond donors (Lipinski definition) is 0. The molecule has 1 aromatic carbocycles. The van der Waals surface area contributed by atoms with Crippen molar-refractivity contribution in [3.8, 4) is 0 Å². The van der Waals surface area contributed by atoms with E-state index in [1.165, 1.54) is 0 Å². The van der Waals surface area contributed by atoms with Gasteiger partial charge in [-0.15, -0.1) is 4.68 Å². The molecular formula is C12H14BF4N3. The Hall–Kier alpha value is -2.12. The second-order valence-electron chi connectivity index (χ2n) is 3.95. The SMILES string of the molecule is Cc1n(N=Cc2ccccc2)cc[n+]1C.F[B-](F)(F)F. The Bertz CT molecular complexity index is 558. The van der Waals surface area contributed by atoms with Crippen LogP contribution in [-0.4, -0.2) is 18.1 Å². The number of hydrogen-bond acceptors (Lipinski definition) is 1. The second-order valence-corrected chi connectivity index (χ2v) is 3.95. The minimum absolute atomic E-state index is 1.10. The fourth-order valence-electron chi connectivity index (χ4n) is 1.33. The molecular weight excluding hydrogens is 273 g/mol. The normalized spacial score (nSPS) is 11.3. The van der Waals surface area contributed by atoms with Crippen LogP contribution in [0.3, 0.4) is 0 Å². The average molecular weight is 287 g/mol. The quantitative estimate of drug-likeness (QED) is 0.350. The molecule has 2 rings (SSSR count). The zero-order valence-corrected chi connectivity index (χ0v) is 11.0. The van der Waals surface area contributed by atoms with Crippen LogP contribution in [0, 0.1) is 6.92 Å². The summed E-state index contributed by atoms with van der Waals surface area (Å²) >= 11 is 0. The Morgan fingerprint density at radius 1 is 1.15 bits per heavy atom. The molecule has 0 amide bonds. The molecule has 0 aliphatic carbocycles. The van der Waals surface area contributed by atoms with Crippen LogP contribution in [0.1, 0.15) is 11.4 Å². The fourth-order valence-corrected chi connectivity index (χ4v) is 1.33. The summed E-state index contributed by atoms with van der Waals surface area (Å²) < 4.78 is 42.9. The third-order valence-electron chi connectivity index (χ3n) is 2.40. The van der Waals surface area contributed by atoms with Gasteiger partial charge in [0.1, 0.15) is 6.20 Å². The molecule has 8 heteroatoms. The monoisotopic (exact) mass is 287 g/mol.